The van der Waals surface area contributed by atoms with Crippen molar-refractivity contribution in [3.8, 4) is 5.75 Å². The molecule has 0 radical (unpaired) electrons. The second-order valence-electron chi connectivity index (χ2n) is 7.22. The number of nitrogens with one attached hydrogen (secondary N) is 2. The van der Waals surface area contributed by atoms with Gasteiger partial charge in [-0.05, 0) is 48.7 Å². The smallest absolute Gasteiger partial charge is 0.344 e. The summed E-state index contributed by atoms with van der Waals surface area (Å²) in [5.74, 6) is -1.16. The number of ether oxygens (including phenoxy) is 2. The molecular weight excluding hydrogens is 469 g/mol. The van der Waals surface area contributed by atoms with Crippen molar-refractivity contribution in [3.05, 3.63) is 63.6 Å². The molecule has 0 aliphatic carbocycles. The quantitative estimate of drug-likeness (QED) is 0.297. The Morgan fingerprint density at radius 2 is 1.85 bits per heavy atom. The van der Waals surface area contributed by atoms with Gasteiger partial charge in [0.15, 0.2) is 6.61 Å². The molecule has 2 rings (SSSR count). The third-order valence-electron chi connectivity index (χ3n) is 4.33. The van der Waals surface area contributed by atoms with Gasteiger partial charge in [0.1, 0.15) is 11.8 Å². The van der Waals surface area contributed by atoms with Crippen LogP contribution in [-0.4, -0.2) is 43.3 Å². The summed E-state index contributed by atoms with van der Waals surface area (Å²) < 4.78 is 10.2. The molecule has 10 heteroatoms. The molecule has 2 N–H and O–H groups in total. The molecule has 33 heavy (non-hydrogen) atoms. The zero-order valence-electron chi connectivity index (χ0n) is 18.4. The number of carbonyl (C=O) groups is 3. The van der Waals surface area contributed by atoms with E-state index < -0.39 is 23.8 Å². The van der Waals surface area contributed by atoms with Crippen LogP contribution in [0.25, 0.3) is 0 Å². The van der Waals surface area contributed by atoms with Gasteiger partial charge in [-0.2, -0.15) is 5.10 Å². The molecule has 0 bridgehead atoms. The van der Waals surface area contributed by atoms with Crippen LogP contribution in [0.15, 0.2) is 47.6 Å². The molecular formula is C23H25Cl2N3O5. The highest BCUT2D eigenvalue weighted by Gasteiger charge is 2.24. The number of benzene rings is 2. The minimum absolute atomic E-state index is 0.202. The van der Waals surface area contributed by atoms with Gasteiger partial charge in [-0.1, -0.05) is 49.2 Å². The van der Waals surface area contributed by atoms with E-state index in [1.54, 1.807) is 45.0 Å². The highest BCUT2D eigenvalue weighted by Crippen LogP contribution is 2.22. The molecule has 0 aliphatic rings. The highest BCUT2D eigenvalue weighted by atomic mass is 35.5. The summed E-state index contributed by atoms with van der Waals surface area (Å²) in [4.78, 5) is 36.5. The SMILES string of the molecule is CCOC(=O)COc1cccc(C=NNC(=O)C(NC(=O)c2ccc(Cl)c(Cl)c2)C(C)C)c1. The first-order chi connectivity index (χ1) is 15.7. The minimum atomic E-state index is -0.830. The molecule has 0 heterocycles. The Bertz CT molecular complexity index is 1030. The predicted octanol–water partition coefficient (Wildman–Crippen LogP) is 3.84. The second kappa shape index (κ2) is 12.8. The van der Waals surface area contributed by atoms with E-state index >= 15 is 0 Å². The number of esters is 1. The third-order valence-corrected chi connectivity index (χ3v) is 5.07. The summed E-state index contributed by atoms with van der Waals surface area (Å²) in [6.45, 7) is 5.38. The maximum Gasteiger partial charge on any atom is 0.344 e. The first-order valence-electron chi connectivity index (χ1n) is 10.2. The maximum absolute atomic E-state index is 12.6. The normalized spacial score (nSPS) is 11.8. The Morgan fingerprint density at radius 1 is 1.09 bits per heavy atom. The largest absolute Gasteiger partial charge is 0.482 e. The van der Waals surface area contributed by atoms with Crippen LogP contribution in [0, 0.1) is 5.92 Å². The molecule has 0 aliphatic heterocycles. The van der Waals surface area contributed by atoms with E-state index in [0.29, 0.717) is 16.3 Å². The Balaban J connectivity index is 1.97. The van der Waals surface area contributed by atoms with E-state index in [1.165, 1.54) is 24.4 Å². The lowest BCUT2D eigenvalue weighted by molar-refractivity contribution is -0.145. The predicted molar refractivity (Wildman–Crippen MR) is 127 cm³/mol. The van der Waals surface area contributed by atoms with Crippen LogP contribution in [-0.2, 0) is 14.3 Å². The van der Waals surface area contributed by atoms with Gasteiger partial charge in [-0.3, -0.25) is 9.59 Å². The van der Waals surface area contributed by atoms with Gasteiger partial charge in [0.05, 0.1) is 22.9 Å². The van der Waals surface area contributed by atoms with E-state index in [9.17, 15) is 14.4 Å². The fraction of sp³-hybridized carbons (Fsp3) is 0.304. The molecule has 176 valence electrons. The molecule has 2 aromatic carbocycles. The Labute approximate surface area is 202 Å². The zero-order valence-corrected chi connectivity index (χ0v) is 19.9. The Kier molecular flexibility index (Phi) is 10.2. The van der Waals surface area contributed by atoms with Gasteiger partial charge in [0.25, 0.3) is 11.8 Å². The van der Waals surface area contributed by atoms with E-state index in [0.717, 1.165) is 0 Å². The maximum atomic E-state index is 12.6. The number of halogens is 2. The average Bonchev–Trinajstić information content (AvgIpc) is 2.78. The van der Waals surface area contributed by atoms with Crippen molar-refractivity contribution in [2.24, 2.45) is 11.0 Å². The van der Waals surface area contributed by atoms with Gasteiger partial charge < -0.3 is 14.8 Å². The summed E-state index contributed by atoms with van der Waals surface area (Å²) in [5, 5.41) is 7.21. The van der Waals surface area contributed by atoms with Crippen molar-refractivity contribution in [1.82, 2.24) is 10.7 Å². The number of amides is 2. The van der Waals surface area contributed by atoms with Crippen molar-refractivity contribution < 1.29 is 23.9 Å². The fourth-order valence-electron chi connectivity index (χ4n) is 2.67. The zero-order chi connectivity index (χ0) is 24.4. The number of rotatable bonds is 10. The lowest BCUT2D eigenvalue weighted by Crippen LogP contribution is -2.48. The van der Waals surface area contributed by atoms with Crippen LogP contribution < -0.4 is 15.5 Å². The van der Waals surface area contributed by atoms with Crippen molar-refractivity contribution in [1.29, 1.82) is 0 Å². The molecule has 0 saturated carbocycles. The van der Waals surface area contributed by atoms with E-state index in [4.69, 9.17) is 32.7 Å². The van der Waals surface area contributed by atoms with Gasteiger partial charge in [0, 0.05) is 5.56 Å². The van der Waals surface area contributed by atoms with Crippen LogP contribution in [0.1, 0.15) is 36.7 Å². The van der Waals surface area contributed by atoms with Gasteiger partial charge in [-0.25, -0.2) is 10.2 Å². The number of carbonyl (C=O) groups excluding carboxylic acids is 3. The van der Waals surface area contributed by atoms with Crippen LogP contribution in [0.3, 0.4) is 0 Å². The number of hydrazone groups is 1. The van der Waals surface area contributed by atoms with E-state index in [2.05, 4.69) is 15.8 Å². The second-order valence-corrected chi connectivity index (χ2v) is 8.04. The van der Waals surface area contributed by atoms with Crippen LogP contribution >= 0.6 is 23.2 Å². The first kappa shape index (κ1) is 26.2. The first-order valence-corrected chi connectivity index (χ1v) is 10.9. The minimum Gasteiger partial charge on any atom is -0.482 e. The van der Waals surface area contributed by atoms with Crippen LogP contribution in [0.2, 0.25) is 10.0 Å². The van der Waals surface area contributed by atoms with Gasteiger partial charge >= 0.3 is 5.97 Å². The molecule has 1 atom stereocenters. The fourth-order valence-corrected chi connectivity index (χ4v) is 2.96. The molecule has 1 unspecified atom stereocenters. The number of hydrogen-bond acceptors (Lipinski definition) is 6. The molecule has 0 fully saturated rings. The summed E-state index contributed by atoms with van der Waals surface area (Å²) in [5.41, 5.74) is 3.35. The molecule has 0 spiro atoms. The highest BCUT2D eigenvalue weighted by molar-refractivity contribution is 6.42. The lowest BCUT2D eigenvalue weighted by atomic mass is 10.0. The average molecular weight is 494 g/mol. The molecule has 0 aromatic heterocycles. The molecule has 2 amide bonds. The van der Waals surface area contributed by atoms with Crippen molar-refractivity contribution in [2.75, 3.05) is 13.2 Å². The topological polar surface area (TPSA) is 106 Å². The molecule has 8 nitrogen and oxygen atoms in total. The molecule has 2 aromatic rings. The lowest BCUT2D eigenvalue weighted by Gasteiger charge is -2.20. The van der Waals surface area contributed by atoms with Crippen molar-refractivity contribution in [3.63, 3.8) is 0 Å². The van der Waals surface area contributed by atoms with Gasteiger partial charge in [-0.15, -0.1) is 0 Å². The summed E-state index contributed by atoms with van der Waals surface area (Å²) in [7, 11) is 0. The Morgan fingerprint density at radius 3 is 2.52 bits per heavy atom. The van der Waals surface area contributed by atoms with Gasteiger partial charge in [0.2, 0.25) is 0 Å². The number of hydrogen-bond donors (Lipinski definition) is 2. The molecule has 0 saturated heterocycles. The van der Waals surface area contributed by atoms with Crippen molar-refractivity contribution >= 4 is 47.2 Å². The summed E-state index contributed by atoms with van der Waals surface area (Å²) in [6, 6.07) is 10.4. The standard InChI is InChI=1S/C23H25Cl2N3O5/c1-4-32-20(29)13-33-17-7-5-6-15(10-17)12-26-28-23(31)21(14(2)3)27-22(30)16-8-9-18(24)19(25)11-16/h5-12,14,21H,4,13H2,1-3H3,(H,27,30)(H,28,31). The summed E-state index contributed by atoms with van der Waals surface area (Å²) in [6.07, 6.45) is 1.42. The van der Waals surface area contributed by atoms with Crippen LogP contribution in [0.5, 0.6) is 5.75 Å². The third kappa shape index (κ3) is 8.40. The van der Waals surface area contributed by atoms with Crippen molar-refractivity contribution in [2.45, 2.75) is 26.8 Å². The van der Waals surface area contributed by atoms with E-state index in [1.807, 2.05) is 0 Å². The van der Waals surface area contributed by atoms with E-state index in [-0.39, 0.29) is 29.7 Å². The Hall–Kier alpha value is -3.10. The van der Waals surface area contributed by atoms with Crippen LogP contribution in [0.4, 0.5) is 0 Å². The number of nitrogens with zero attached hydrogens (tertiary/aromatic N) is 1. The summed E-state index contributed by atoms with van der Waals surface area (Å²) >= 11 is 11.8. The monoisotopic (exact) mass is 493 g/mol.